The number of hydrogen-bond acceptors (Lipinski definition) is 7. The van der Waals surface area contributed by atoms with Gasteiger partial charge in [0.15, 0.2) is 16.6 Å². The van der Waals surface area contributed by atoms with Crippen LogP contribution in [0, 0.1) is 5.92 Å². The molecule has 32 heavy (non-hydrogen) atoms. The number of nitrogens with one attached hydrogen (secondary N) is 1. The molecule has 3 heterocycles. The van der Waals surface area contributed by atoms with E-state index in [0.717, 1.165) is 17.5 Å². The molecule has 4 rings (SSSR count). The van der Waals surface area contributed by atoms with Gasteiger partial charge in [0.05, 0.1) is 32.3 Å². The van der Waals surface area contributed by atoms with E-state index in [1.54, 1.807) is 24.5 Å². The van der Waals surface area contributed by atoms with E-state index in [2.05, 4.69) is 15.3 Å². The summed E-state index contributed by atoms with van der Waals surface area (Å²) < 4.78 is 10.7. The van der Waals surface area contributed by atoms with Crippen molar-refractivity contribution >= 4 is 40.4 Å². The molecule has 0 bridgehead atoms. The van der Waals surface area contributed by atoms with Crippen LogP contribution < -0.4 is 14.8 Å². The first kappa shape index (κ1) is 21.7. The fraction of sp³-hybridized carbons (Fsp3) is 0.318. The van der Waals surface area contributed by atoms with Crippen LogP contribution in [0.4, 0.5) is 5.13 Å². The Kier molecular flexibility index (Phi) is 6.31. The summed E-state index contributed by atoms with van der Waals surface area (Å²) in [5.41, 5.74) is 2.78. The number of fused-ring (bicyclic) bond motifs is 1. The van der Waals surface area contributed by atoms with Crippen molar-refractivity contribution < 1.29 is 23.9 Å². The fourth-order valence-electron chi connectivity index (χ4n) is 3.58. The maximum absolute atomic E-state index is 12.9. The molecular formula is C22H22N4O5S. The Balaban J connectivity index is 1.36. The Labute approximate surface area is 188 Å². The highest BCUT2D eigenvalue weighted by Crippen LogP contribution is 2.33. The molecule has 1 N–H and O–H groups in total. The SMILES string of the molecule is COc1cc2c(cc1OC)CN(C(=O)Cc1csc(NC(=O)C3C=CC(=O)N=C3)n1)CC2. The van der Waals surface area contributed by atoms with Gasteiger partial charge in [0, 0.05) is 30.8 Å². The topological polar surface area (TPSA) is 110 Å². The molecule has 1 aromatic heterocycles. The van der Waals surface area contributed by atoms with E-state index in [-0.39, 0.29) is 24.1 Å². The minimum Gasteiger partial charge on any atom is -0.493 e. The maximum atomic E-state index is 12.9. The second-order valence-electron chi connectivity index (χ2n) is 7.35. The fourth-order valence-corrected chi connectivity index (χ4v) is 4.30. The van der Waals surface area contributed by atoms with E-state index in [1.807, 2.05) is 12.1 Å². The van der Waals surface area contributed by atoms with Crippen LogP contribution in [0.25, 0.3) is 0 Å². The van der Waals surface area contributed by atoms with Gasteiger partial charge in [-0.15, -0.1) is 11.3 Å². The molecule has 3 amide bonds. The number of nitrogens with zero attached hydrogens (tertiary/aromatic N) is 3. The minimum atomic E-state index is -0.620. The molecule has 0 saturated carbocycles. The lowest BCUT2D eigenvalue weighted by Gasteiger charge is -2.29. The van der Waals surface area contributed by atoms with Crippen LogP contribution in [0.2, 0.25) is 0 Å². The Morgan fingerprint density at radius 3 is 2.66 bits per heavy atom. The van der Waals surface area contributed by atoms with Crippen molar-refractivity contribution in [2.45, 2.75) is 19.4 Å². The molecule has 2 aromatic rings. The molecule has 0 spiro atoms. The number of carbonyl (C=O) groups is 3. The van der Waals surface area contributed by atoms with E-state index in [9.17, 15) is 14.4 Å². The second kappa shape index (κ2) is 9.31. The Bertz CT molecular complexity index is 1110. The highest BCUT2D eigenvalue weighted by atomic mass is 32.1. The number of ether oxygens (including phenoxy) is 2. The highest BCUT2D eigenvalue weighted by molar-refractivity contribution is 7.14. The standard InChI is InChI=1S/C22H22N4O5S/c1-30-17-7-13-5-6-26(11-15(13)8-18(17)31-2)20(28)9-16-12-32-22(24-16)25-21(29)14-3-4-19(27)23-10-14/h3-4,7-8,10,12,14H,5-6,9,11H2,1-2H3,(H,24,25,29). The summed E-state index contributed by atoms with van der Waals surface area (Å²) in [7, 11) is 3.19. The lowest BCUT2D eigenvalue weighted by Crippen LogP contribution is -2.37. The molecule has 1 aromatic carbocycles. The third-order valence-corrected chi connectivity index (χ3v) is 6.10. The van der Waals surface area contributed by atoms with Crippen molar-refractivity contribution in [3.8, 4) is 11.5 Å². The van der Waals surface area contributed by atoms with Gasteiger partial charge in [-0.05, 0) is 29.7 Å². The summed E-state index contributed by atoms with van der Waals surface area (Å²) in [4.78, 5) is 46.0. The Morgan fingerprint density at radius 2 is 1.97 bits per heavy atom. The van der Waals surface area contributed by atoms with Gasteiger partial charge in [-0.1, -0.05) is 6.08 Å². The zero-order chi connectivity index (χ0) is 22.7. The molecule has 9 nitrogen and oxygen atoms in total. The molecule has 0 fully saturated rings. The number of methoxy groups -OCH3 is 2. The maximum Gasteiger partial charge on any atom is 0.269 e. The van der Waals surface area contributed by atoms with Gasteiger partial charge >= 0.3 is 0 Å². The lowest BCUT2D eigenvalue weighted by atomic mass is 9.98. The number of anilines is 1. The monoisotopic (exact) mass is 454 g/mol. The van der Waals surface area contributed by atoms with Crippen molar-refractivity contribution in [2.24, 2.45) is 10.9 Å². The summed E-state index contributed by atoms with van der Waals surface area (Å²) in [5.74, 6) is -0.0451. The van der Waals surface area contributed by atoms with Crippen LogP contribution in [0.3, 0.4) is 0 Å². The predicted molar refractivity (Wildman–Crippen MR) is 119 cm³/mol. The number of hydrogen-bond donors (Lipinski definition) is 1. The summed E-state index contributed by atoms with van der Waals surface area (Å²) in [5, 5.41) is 4.86. The number of carbonyl (C=O) groups excluding carboxylic acids is 3. The first-order valence-corrected chi connectivity index (χ1v) is 10.9. The molecule has 2 aliphatic rings. The normalized spacial score (nSPS) is 17.1. The third kappa shape index (κ3) is 4.70. The predicted octanol–water partition coefficient (Wildman–Crippen LogP) is 2.01. The number of aliphatic imine (C=N–C) groups is 1. The molecule has 0 aliphatic carbocycles. The number of rotatable bonds is 6. The average Bonchev–Trinajstić information content (AvgIpc) is 3.24. The van der Waals surface area contributed by atoms with Gasteiger partial charge in [-0.3, -0.25) is 14.4 Å². The summed E-state index contributed by atoms with van der Waals surface area (Å²) >= 11 is 1.25. The van der Waals surface area contributed by atoms with Gasteiger partial charge in [0.25, 0.3) is 5.91 Å². The van der Waals surface area contributed by atoms with Crippen molar-refractivity contribution in [3.63, 3.8) is 0 Å². The Hall–Kier alpha value is -3.53. The van der Waals surface area contributed by atoms with E-state index in [1.165, 1.54) is 29.7 Å². The minimum absolute atomic E-state index is 0.0329. The van der Waals surface area contributed by atoms with Crippen LogP contribution in [-0.4, -0.2) is 54.6 Å². The Morgan fingerprint density at radius 1 is 1.22 bits per heavy atom. The van der Waals surface area contributed by atoms with E-state index in [0.29, 0.717) is 35.4 Å². The number of thiazole rings is 1. The second-order valence-corrected chi connectivity index (χ2v) is 8.21. The van der Waals surface area contributed by atoms with Crippen LogP contribution in [-0.2, 0) is 33.8 Å². The average molecular weight is 455 g/mol. The molecule has 0 saturated heterocycles. The number of benzene rings is 1. The van der Waals surface area contributed by atoms with Gasteiger partial charge < -0.3 is 19.7 Å². The first-order valence-electron chi connectivity index (χ1n) is 10.00. The summed E-state index contributed by atoms with van der Waals surface area (Å²) in [6, 6.07) is 3.88. The molecular weight excluding hydrogens is 432 g/mol. The van der Waals surface area contributed by atoms with Crippen LogP contribution in [0.15, 0.2) is 34.7 Å². The van der Waals surface area contributed by atoms with Crippen LogP contribution >= 0.6 is 11.3 Å². The van der Waals surface area contributed by atoms with E-state index < -0.39 is 5.92 Å². The highest BCUT2D eigenvalue weighted by Gasteiger charge is 2.24. The zero-order valence-electron chi connectivity index (χ0n) is 17.7. The van der Waals surface area contributed by atoms with Gasteiger partial charge in [0.1, 0.15) is 0 Å². The molecule has 166 valence electrons. The molecule has 2 aliphatic heterocycles. The van der Waals surface area contributed by atoms with Crippen molar-refractivity contribution in [1.82, 2.24) is 9.88 Å². The first-order chi connectivity index (χ1) is 15.5. The molecule has 1 unspecified atom stereocenters. The zero-order valence-corrected chi connectivity index (χ0v) is 18.5. The summed E-state index contributed by atoms with van der Waals surface area (Å²) in [6.45, 7) is 1.11. The van der Waals surface area contributed by atoms with Crippen molar-refractivity contribution in [3.05, 3.63) is 46.5 Å². The van der Waals surface area contributed by atoms with E-state index in [4.69, 9.17) is 9.47 Å². The number of dihydropyridines is 1. The van der Waals surface area contributed by atoms with Crippen LogP contribution in [0.1, 0.15) is 16.8 Å². The quantitative estimate of drug-likeness (QED) is 0.715. The molecule has 1 atom stereocenters. The lowest BCUT2D eigenvalue weighted by molar-refractivity contribution is -0.131. The van der Waals surface area contributed by atoms with Gasteiger partial charge in [-0.2, -0.15) is 0 Å². The largest absolute Gasteiger partial charge is 0.493 e. The number of amides is 3. The molecule has 0 radical (unpaired) electrons. The van der Waals surface area contributed by atoms with Gasteiger partial charge in [0.2, 0.25) is 11.8 Å². The summed E-state index contributed by atoms with van der Waals surface area (Å²) in [6.07, 6.45) is 4.93. The van der Waals surface area contributed by atoms with Crippen molar-refractivity contribution in [2.75, 3.05) is 26.1 Å². The number of aromatic nitrogens is 1. The van der Waals surface area contributed by atoms with E-state index >= 15 is 0 Å². The van der Waals surface area contributed by atoms with Gasteiger partial charge in [-0.25, -0.2) is 9.98 Å². The smallest absolute Gasteiger partial charge is 0.269 e. The third-order valence-electron chi connectivity index (χ3n) is 5.30. The van der Waals surface area contributed by atoms with Crippen molar-refractivity contribution in [1.29, 1.82) is 0 Å². The molecule has 10 heteroatoms. The van der Waals surface area contributed by atoms with Crippen LogP contribution in [0.5, 0.6) is 11.5 Å².